The van der Waals surface area contributed by atoms with E-state index in [2.05, 4.69) is 15.0 Å². The molecule has 0 N–H and O–H groups in total. The zero-order valence-electron chi connectivity index (χ0n) is 14.5. The van der Waals surface area contributed by atoms with Crippen molar-refractivity contribution in [2.75, 3.05) is 45.3 Å². The Morgan fingerprint density at radius 2 is 1.96 bits per heavy atom. The lowest BCUT2D eigenvalue weighted by atomic mass is 10.2. The van der Waals surface area contributed by atoms with E-state index < -0.39 is 0 Å². The minimum Gasteiger partial charge on any atom is -0.497 e. The smallest absolute Gasteiger partial charge is 0.241 e. The summed E-state index contributed by atoms with van der Waals surface area (Å²) in [5.41, 5.74) is 0.892. The van der Waals surface area contributed by atoms with Gasteiger partial charge in [-0.15, -0.1) is 0 Å². The average Bonchev–Trinajstić information content (AvgIpc) is 3.11. The summed E-state index contributed by atoms with van der Waals surface area (Å²) in [7, 11) is 1.63. The number of rotatable bonds is 6. The van der Waals surface area contributed by atoms with Crippen LogP contribution in [0, 0.1) is 0 Å². The Kier molecular flexibility index (Phi) is 5.93. The third-order valence-corrected chi connectivity index (χ3v) is 4.70. The summed E-state index contributed by atoms with van der Waals surface area (Å²) < 4.78 is 10.5. The van der Waals surface area contributed by atoms with E-state index >= 15 is 0 Å². The number of ether oxygens (including phenoxy) is 1. The van der Waals surface area contributed by atoms with E-state index in [1.165, 1.54) is 0 Å². The van der Waals surface area contributed by atoms with Crippen molar-refractivity contribution < 1.29 is 14.1 Å². The predicted octanol–water partition coefficient (Wildman–Crippen LogP) is 1.75. The highest BCUT2D eigenvalue weighted by Crippen LogP contribution is 2.20. The summed E-state index contributed by atoms with van der Waals surface area (Å²) in [4.78, 5) is 20.5. The summed E-state index contributed by atoms with van der Waals surface area (Å²) in [6.07, 6.45) is 1.95. The van der Waals surface area contributed by atoms with Gasteiger partial charge in [0.25, 0.3) is 0 Å². The molecule has 1 aliphatic heterocycles. The Bertz CT molecular complexity index is 696. The molecule has 1 saturated heterocycles. The molecule has 1 aromatic heterocycles. The van der Waals surface area contributed by atoms with Gasteiger partial charge in [-0.05, 0) is 30.5 Å². The Balaban J connectivity index is 1.54. The van der Waals surface area contributed by atoms with Crippen LogP contribution in [-0.4, -0.2) is 71.1 Å². The molecule has 1 fully saturated rings. The van der Waals surface area contributed by atoms with Gasteiger partial charge in [-0.3, -0.25) is 9.69 Å². The number of hydrogen-bond donors (Lipinski definition) is 0. The molecule has 3 rings (SSSR count). The maximum Gasteiger partial charge on any atom is 0.241 e. The van der Waals surface area contributed by atoms with Crippen LogP contribution in [0.15, 0.2) is 28.8 Å². The van der Waals surface area contributed by atoms with Gasteiger partial charge >= 0.3 is 0 Å². The summed E-state index contributed by atoms with van der Waals surface area (Å²) >= 11 is 1.56. The van der Waals surface area contributed by atoms with Crippen LogP contribution in [0.3, 0.4) is 0 Å². The summed E-state index contributed by atoms with van der Waals surface area (Å²) in [6.45, 7) is 3.74. The molecule has 25 heavy (non-hydrogen) atoms. The highest BCUT2D eigenvalue weighted by molar-refractivity contribution is 7.99. The average molecular weight is 362 g/mol. The predicted molar refractivity (Wildman–Crippen MR) is 96.5 cm³/mol. The van der Waals surface area contributed by atoms with Gasteiger partial charge in [0.05, 0.1) is 19.4 Å². The number of hydrogen-bond acceptors (Lipinski definition) is 7. The fourth-order valence-electron chi connectivity index (χ4n) is 2.74. The van der Waals surface area contributed by atoms with Crippen molar-refractivity contribution >= 4 is 17.7 Å². The van der Waals surface area contributed by atoms with Crippen molar-refractivity contribution in [2.24, 2.45) is 0 Å². The van der Waals surface area contributed by atoms with Crippen LogP contribution < -0.4 is 4.74 Å². The van der Waals surface area contributed by atoms with E-state index in [1.807, 2.05) is 35.4 Å². The normalized spacial score (nSPS) is 15.4. The van der Waals surface area contributed by atoms with Crippen LogP contribution in [0.4, 0.5) is 0 Å². The first-order valence-electron chi connectivity index (χ1n) is 8.15. The number of carbonyl (C=O) groups excluding carboxylic acids is 1. The maximum absolute atomic E-state index is 11.9. The molecule has 1 aromatic carbocycles. The molecule has 0 radical (unpaired) electrons. The van der Waals surface area contributed by atoms with Crippen molar-refractivity contribution in [2.45, 2.75) is 6.54 Å². The Hall–Kier alpha value is -2.06. The standard InChI is InChI=1S/C17H22N4O3S/c1-23-14-5-3-13(4-6-14)17-18-15(24-19-17)11-20-7-9-21(10-8-20)16(22)12-25-2/h3-6H,7-12H2,1-2H3. The maximum atomic E-state index is 11.9. The van der Waals surface area contributed by atoms with Crippen LogP contribution in [0.25, 0.3) is 11.4 Å². The van der Waals surface area contributed by atoms with Crippen molar-refractivity contribution in [1.29, 1.82) is 0 Å². The summed E-state index contributed by atoms with van der Waals surface area (Å²) in [5, 5.41) is 4.05. The van der Waals surface area contributed by atoms with Crippen molar-refractivity contribution in [3.63, 3.8) is 0 Å². The number of thioether (sulfide) groups is 1. The summed E-state index contributed by atoms with van der Waals surface area (Å²) in [6, 6.07) is 7.56. The molecular weight excluding hydrogens is 340 g/mol. The van der Waals surface area contributed by atoms with Gasteiger partial charge in [0.2, 0.25) is 17.6 Å². The minimum absolute atomic E-state index is 0.215. The van der Waals surface area contributed by atoms with Gasteiger partial charge in [-0.25, -0.2) is 0 Å². The number of methoxy groups -OCH3 is 1. The zero-order valence-corrected chi connectivity index (χ0v) is 15.3. The highest BCUT2D eigenvalue weighted by Gasteiger charge is 2.22. The molecule has 134 valence electrons. The minimum atomic E-state index is 0.215. The van der Waals surface area contributed by atoms with Crippen molar-refractivity contribution in [1.82, 2.24) is 19.9 Å². The van der Waals surface area contributed by atoms with Crippen LogP contribution >= 0.6 is 11.8 Å². The molecular formula is C17H22N4O3S. The van der Waals surface area contributed by atoms with Crippen molar-refractivity contribution in [3.05, 3.63) is 30.2 Å². The van der Waals surface area contributed by atoms with Crippen LogP contribution in [-0.2, 0) is 11.3 Å². The first kappa shape index (κ1) is 17.8. The molecule has 8 heteroatoms. The molecule has 0 atom stereocenters. The SMILES string of the molecule is COc1ccc(-c2noc(CN3CCN(C(=O)CSC)CC3)n2)cc1. The molecule has 0 spiro atoms. The Morgan fingerprint density at radius 3 is 2.60 bits per heavy atom. The third-order valence-electron chi connectivity index (χ3n) is 4.17. The largest absolute Gasteiger partial charge is 0.497 e. The van der Waals surface area contributed by atoms with E-state index in [0.29, 0.717) is 24.0 Å². The topological polar surface area (TPSA) is 71.7 Å². The molecule has 0 saturated carbocycles. The first-order chi connectivity index (χ1) is 12.2. The molecule has 2 aromatic rings. The Morgan fingerprint density at radius 1 is 1.24 bits per heavy atom. The van der Waals surface area contributed by atoms with Gasteiger partial charge < -0.3 is 14.2 Å². The molecule has 0 unspecified atom stereocenters. The van der Waals surface area contributed by atoms with Gasteiger partial charge in [0.15, 0.2) is 0 Å². The van der Waals surface area contributed by atoms with Crippen LogP contribution in [0.5, 0.6) is 5.75 Å². The lowest BCUT2D eigenvalue weighted by molar-refractivity contribution is -0.130. The van der Waals surface area contributed by atoms with E-state index in [-0.39, 0.29) is 5.91 Å². The van der Waals surface area contributed by atoms with Gasteiger partial charge in [-0.2, -0.15) is 16.7 Å². The van der Waals surface area contributed by atoms with Gasteiger partial charge in [0.1, 0.15) is 5.75 Å². The molecule has 2 heterocycles. The van der Waals surface area contributed by atoms with E-state index in [4.69, 9.17) is 9.26 Å². The van der Waals surface area contributed by atoms with Crippen LogP contribution in [0.1, 0.15) is 5.89 Å². The Labute approximate surface area is 151 Å². The lowest BCUT2D eigenvalue weighted by Gasteiger charge is -2.33. The second kappa shape index (κ2) is 8.35. The molecule has 1 aliphatic rings. The lowest BCUT2D eigenvalue weighted by Crippen LogP contribution is -2.48. The van der Waals surface area contributed by atoms with Gasteiger partial charge in [0, 0.05) is 31.7 Å². The van der Waals surface area contributed by atoms with Crippen LogP contribution in [0.2, 0.25) is 0 Å². The molecule has 1 amide bonds. The van der Waals surface area contributed by atoms with E-state index in [1.54, 1.807) is 18.9 Å². The monoisotopic (exact) mass is 362 g/mol. The number of nitrogens with zero attached hydrogens (tertiary/aromatic N) is 4. The number of aromatic nitrogens is 2. The second-order valence-corrected chi connectivity index (χ2v) is 6.70. The molecule has 7 nitrogen and oxygen atoms in total. The number of piperazine rings is 1. The quantitative estimate of drug-likeness (QED) is 0.775. The first-order valence-corrected chi connectivity index (χ1v) is 9.55. The summed E-state index contributed by atoms with van der Waals surface area (Å²) in [5.74, 6) is 2.73. The number of amides is 1. The molecule has 0 aliphatic carbocycles. The van der Waals surface area contributed by atoms with E-state index in [0.717, 1.165) is 37.5 Å². The van der Waals surface area contributed by atoms with E-state index in [9.17, 15) is 4.79 Å². The fourth-order valence-corrected chi connectivity index (χ4v) is 3.17. The van der Waals surface area contributed by atoms with Crippen molar-refractivity contribution in [3.8, 4) is 17.1 Å². The number of benzene rings is 1. The highest BCUT2D eigenvalue weighted by atomic mass is 32.2. The molecule has 0 bridgehead atoms. The second-order valence-electron chi connectivity index (χ2n) is 5.83. The number of carbonyl (C=O) groups is 1. The fraction of sp³-hybridized carbons (Fsp3) is 0.471. The van der Waals surface area contributed by atoms with Gasteiger partial charge in [-0.1, -0.05) is 5.16 Å². The zero-order chi connectivity index (χ0) is 17.6. The third kappa shape index (κ3) is 4.52.